The Labute approximate surface area is 102 Å². The van der Waals surface area contributed by atoms with E-state index in [-0.39, 0.29) is 5.82 Å². The predicted molar refractivity (Wildman–Crippen MR) is 66.5 cm³/mol. The van der Waals surface area contributed by atoms with Crippen LogP contribution in [0.2, 0.25) is 0 Å². The van der Waals surface area contributed by atoms with Crippen molar-refractivity contribution in [2.75, 3.05) is 26.3 Å². The van der Waals surface area contributed by atoms with Crippen LogP contribution in [-0.4, -0.2) is 26.3 Å². The van der Waals surface area contributed by atoms with Crippen molar-refractivity contribution in [1.29, 1.82) is 0 Å². The zero-order valence-electron chi connectivity index (χ0n) is 10.1. The zero-order chi connectivity index (χ0) is 11.9. The van der Waals surface area contributed by atoms with Crippen molar-refractivity contribution in [3.8, 4) is 0 Å². The van der Waals surface area contributed by atoms with Gasteiger partial charge in [-0.25, -0.2) is 4.39 Å². The molecule has 1 fully saturated rings. The molecule has 3 heteroatoms. The van der Waals surface area contributed by atoms with Crippen molar-refractivity contribution in [2.24, 2.45) is 5.92 Å². The van der Waals surface area contributed by atoms with Gasteiger partial charge in [0, 0.05) is 13.2 Å². The lowest BCUT2D eigenvalue weighted by Crippen LogP contribution is -2.30. The summed E-state index contributed by atoms with van der Waals surface area (Å²) in [6.45, 7) is 3.79. The van der Waals surface area contributed by atoms with Gasteiger partial charge in [-0.2, -0.15) is 0 Å². The van der Waals surface area contributed by atoms with Crippen LogP contribution >= 0.6 is 0 Å². The lowest BCUT2D eigenvalue weighted by Gasteiger charge is -2.22. The van der Waals surface area contributed by atoms with Gasteiger partial charge in [0.15, 0.2) is 0 Å². The molecule has 1 atom stereocenters. The molecule has 1 heterocycles. The van der Waals surface area contributed by atoms with E-state index in [4.69, 9.17) is 4.74 Å². The first kappa shape index (κ1) is 12.5. The summed E-state index contributed by atoms with van der Waals surface area (Å²) in [5.74, 6) is 0.498. The van der Waals surface area contributed by atoms with E-state index in [0.29, 0.717) is 5.92 Å². The minimum absolute atomic E-state index is 0.166. The van der Waals surface area contributed by atoms with Gasteiger partial charge >= 0.3 is 0 Å². The standard InChI is InChI=1S/C14H20FNO/c15-14-5-3-12(4-6-14)7-8-16-10-13-2-1-9-17-11-13/h3-6,13,16H,1-2,7-11H2. The fourth-order valence-electron chi connectivity index (χ4n) is 2.16. The highest BCUT2D eigenvalue weighted by Gasteiger charge is 2.12. The van der Waals surface area contributed by atoms with Crippen LogP contribution in [0.1, 0.15) is 18.4 Å². The molecule has 0 bridgehead atoms. The monoisotopic (exact) mass is 237 g/mol. The maximum absolute atomic E-state index is 12.7. The topological polar surface area (TPSA) is 21.3 Å². The van der Waals surface area contributed by atoms with Crippen molar-refractivity contribution < 1.29 is 9.13 Å². The summed E-state index contributed by atoms with van der Waals surface area (Å²) in [5.41, 5.74) is 1.18. The van der Waals surface area contributed by atoms with Crippen LogP contribution in [-0.2, 0) is 11.2 Å². The summed E-state index contributed by atoms with van der Waals surface area (Å²) in [4.78, 5) is 0. The second kappa shape index (κ2) is 6.72. The van der Waals surface area contributed by atoms with Crippen molar-refractivity contribution in [3.63, 3.8) is 0 Å². The summed E-state index contributed by atoms with van der Waals surface area (Å²) in [6.07, 6.45) is 3.40. The van der Waals surface area contributed by atoms with Crippen LogP contribution in [0.5, 0.6) is 0 Å². The Kier molecular flexibility index (Phi) is 4.95. The van der Waals surface area contributed by atoms with Crippen molar-refractivity contribution in [3.05, 3.63) is 35.6 Å². The second-order valence-corrected chi connectivity index (χ2v) is 4.66. The van der Waals surface area contributed by atoms with E-state index in [0.717, 1.165) is 32.7 Å². The molecule has 0 spiro atoms. The lowest BCUT2D eigenvalue weighted by molar-refractivity contribution is 0.0550. The first-order valence-corrected chi connectivity index (χ1v) is 6.37. The Morgan fingerprint density at radius 3 is 2.82 bits per heavy atom. The normalized spacial score (nSPS) is 20.4. The molecular formula is C14H20FNO. The molecule has 1 unspecified atom stereocenters. The van der Waals surface area contributed by atoms with Gasteiger partial charge in [-0.1, -0.05) is 12.1 Å². The Bertz CT molecular complexity index is 319. The molecule has 94 valence electrons. The molecule has 17 heavy (non-hydrogen) atoms. The number of benzene rings is 1. The van der Waals surface area contributed by atoms with Gasteiger partial charge in [0.05, 0.1) is 6.61 Å². The smallest absolute Gasteiger partial charge is 0.123 e. The third-order valence-corrected chi connectivity index (χ3v) is 3.19. The van der Waals surface area contributed by atoms with Crippen molar-refractivity contribution in [1.82, 2.24) is 5.32 Å². The average Bonchev–Trinajstić information content (AvgIpc) is 2.38. The highest BCUT2D eigenvalue weighted by atomic mass is 19.1. The van der Waals surface area contributed by atoms with Gasteiger partial charge in [-0.15, -0.1) is 0 Å². The van der Waals surface area contributed by atoms with Crippen molar-refractivity contribution in [2.45, 2.75) is 19.3 Å². The van der Waals surface area contributed by atoms with Crippen LogP contribution in [0, 0.1) is 11.7 Å². The van der Waals surface area contributed by atoms with E-state index >= 15 is 0 Å². The summed E-state index contributed by atoms with van der Waals surface area (Å²) >= 11 is 0. The number of hydrogen-bond donors (Lipinski definition) is 1. The molecule has 0 amide bonds. The molecule has 0 saturated carbocycles. The molecule has 2 nitrogen and oxygen atoms in total. The van der Waals surface area contributed by atoms with Gasteiger partial charge < -0.3 is 10.1 Å². The van der Waals surface area contributed by atoms with Gasteiger partial charge in [0.1, 0.15) is 5.82 Å². The minimum atomic E-state index is -0.166. The summed E-state index contributed by atoms with van der Waals surface area (Å²) in [6, 6.07) is 6.73. The fourth-order valence-corrected chi connectivity index (χ4v) is 2.16. The quantitative estimate of drug-likeness (QED) is 0.794. The van der Waals surface area contributed by atoms with Gasteiger partial charge in [0.25, 0.3) is 0 Å². The highest BCUT2D eigenvalue weighted by Crippen LogP contribution is 2.12. The molecule has 1 N–H and O–H groups in total. The Balaban J connectivity index is 1.60. The molecule has 1 aliphatic heterocycles. The van der Waals surface area contributed by atoms with Gasteiger partial charge in [-0.3, -0.25) is 0 Å². The number of hydrogen-bond acceptors (Lipinski definition) is 2. The Hall–Kier alpha value is -0.930. The molecule has 1 aromatic rings. The van der Waals surface area contributed by atoms with Gasteiger partial charge in [0.2, 0.25) is 0 Å². The second-order valence-electron chi connectivity index (χ2n) is 4.66. The van der Waals surface area contributed by atoms with Crippen LogP contribution in [0.15, 0.2) is 24.3 Å². The SMILES string of the molecule is Fc1ccc(CCNCC2CCCOC2)cc1. The summed E-state index contributed by atoms with van der Waals surface area (Å²) in [5, 5.41) is 3.44. The first-order valence-electron chi connectivity index (χ1n) is 6.37. The first-order chi connectivity index (χ1) is 8.34. The molecule has 0 radical (unpaired) electrons. The zero-order valence-corrected chi connectivity index (χ0v) is 10.1. The van der Waals surface area contributed by atoms with E-state index in [1.807, 2.05) is 12.1 Å². The molecular weight excluding hydrogens is 217 g/mol. The van der Waals surface area contributed by atoms with E-state index < -0.39 is 0 Å². The molecule has 1 saturated heterocycles. The van der Waals surface area contributed by atoms with Crippen LogP contribution in [0.4, 0.5) is 4.39 Å². The van der Waals surface area contributed by atoms with E-state index in [1.165, 1.54) is 30.5 Å². The minimum Gasteiger partial charge on any atom is -0.381 e. The average molecular weight is 237 g/mol. The maximum Gasteiger partial charge on any atom is 0.123 e. The highest BCUT2D eigenvalue weighted by molar-refractivity contribution is 5.16. The lowest BCUT2D eigenvalue weighted by atomic mass is 10.0. The third-order valence-electron chi connectivity index (χ3n) is 3.19. The predicted octanol–water partition coefficient (Wildman–Crippen LogP) is 2.38. The molecule has 2 rings (SSSR count). The molecule has 0 aliphatic carbocycles. The van der Waals surface area contributed by atoms with E-state index in [1.54, 1.807) is 0 Å². The number of ether oxygens (including phenoxy) is 1. The Morgan fingerprint density at radius 2 is 2.12 bits per heavy atom. The maximum atomic E-state index is 12.7. The summed E-state index contributed by atoms with van der Waals surface area (Å²) < 4.78 is 18.1. The molecule has 0 aromatic heterocycles. The van der Waals surface area contributed by atoms with E-state index in [2.05, 4.69) is 5.32 Å². The van der Waals surface area contributed by atoms with Crippen LogP contribution < -0.4 is 5.32 Å². The Morgan fingerprint density at radius 1 is 1.29 bits per heavy atom. The number of rotatable bonds is 5. The van der Waals surface area contributed by atoms with E-state index in [9.17, 15) is 4.39 Å². The summed E-state index contributed by atoms with van der Waals surface area (Å²) in [7, 11) is 0. The van der Waals surface area contributed by atoms with Crippen LogP contribution in [0.25, 0.3) is 0 Å². The molecule has 1 aromatic carbocycles. The number of nitrogens with one attached hydrogen (secondary N) is 1. The van der Waals surface area contributed by atoms with Crippen molar-refractivity contribution >= 4 is 0 Å². The fraction of sp³-hybridized carbons (Fsp3) is 0.571. The number of halogens is 1. The van der Waals surface area contributed by atoms with Gasteiger partial charge in [-0.05, 0) is 49.4 Å². The largest absolute Gasteiger partial charge is 0.381 e. The third kappa shape index (κ3) is 4.44. The molecule has 1 aliphatic rings. The van der Waals surface area contributed by atoms with Crippen LogP contribution in [0.3, 0.4) is 0 Å².